The number of ether oxygens (including phenoxy) is 1. The first-order chi connectivity index (χ1) is 9.82. The number of rotatable bonds is 6. The van der Waals surface area contributed by atoms with Crippen molar-refractivity contribution >= 4 is 15.5 Å². The molecule has 1 N–H and O–H groups in total. The van der Waals surface area contributed by atoms with Gasteiger partial charge in [-0.05, 0) is 44.5 Å². The number of sulfone groups is 1. The van der Waals surface area contributed by atoms with Crippen LogP contribution in [-0.2, 0) is 9.84 Å². The Morgan fingerprint density at radius 3 is 2.62 bits per heavy atom. The van der Waals surface area contributed by atoms with Gasteiger partial charge in [0.1, 0.15) is 4.90 Å². The second-order valence-electron chi connectivity index (χ2n) is 5.27. The summed E-state index contributed by atoms with van der Waals surface area (Å²) in [6.45, 7) is 0.880. The maximum atomic E-state index is 11.6. The highest BCUT2D eigenvalue weighted by Gasteiger charge is 2.34. The van der Waals surface area contributed by atoms with E-state index < -0.39 is 20.4 Å². The molecule has 2 rings (SSSR count). The molecule has 0 unspecified atom stereocenters. The zero-order valence-electron chi connectivity index (χ0n) is 11.9. The molecule has 1 saturated carbocycles. The van der Waals surface area contributed by atoms with Crippen molar-refractivity contribution < 1.29 is 18.1 Å². The van der Waals surface area contributed by atoms with E-state index in [9.17, 15) is 18.5 Å². The van der Waals surface area contributed by atoms with Gasteiger partial charge in [-0.25, -0.2) is 8.42 Å². The molecule has 1 aromatic carbocycles. The summed E-state index contributed by atoms with van der Waals surface area (Å²) in [7, 11) is -1.81. The molecule has 0 heterocycles. The van der Waals surface area contributed by atoms with Gasteiger partial charge in [0.15, 0.2) is 15.6 Å². The lowest BCUT2D eigenvalue weighted by atomic mass is 9.82. The summed E-state index contributed by atoms with van der Waals surface area (Å²) >= 11 is 0. The highest BCUT2D eigenvalue weighted by molar-refractivity contribution is 7.90. The third kappa shape index (κ3) is 3.51. The molecule has 116 valence electrons. The Bertz CT molecular complexity index is 638. The molecule has 1 aliphatic rings. The van der Waals surface area contributed by atoms with E-state index in [1.54, 1.807) is 0 Å². The Morgan fingerprint density at radius 1 is 1.43 bits per heavy atom. The minimum atomic E-state index is -3.68. The minimum Gasteiger partial charge on any atom is -0.483 e. The van der Waals surface area contributed by atoms with Crippen LogP contribution in [0.3, 0.4) is 0 Å². The summed E-state index contributed by atoms with van der Waals surface area (Å²) in [5.41, 5.74) is -0.475. The molecule has 0 bridgehead atoms. The molecule has 0 amide bonds. The molecule has 0 spiro atoms. The molecule has 0 atom stereocenters. The topological polar surface area (TPSA) is 98.5 Å². The number of benzene rings is 1. The fraction of sp³-hybridized carbons (Fsp3) is 0.538. The molecule has 1 aliphatic carbocycles. The van der Waals surface area contributed by atoms with E-state index in [0.717, 1.165) is 25.6 Å². The molecule has 1 aromatic rings. The lowest BCUT2D eigenvalue weighted by Gasteiger charge is -2.35. The number of nitrogens with one attached hydrogen (secondary N) is 1. The van der Waals surface area contributed by atoms with Crippen LogP contribution in [-0.4, -0.2) is 39.3 Å². The lowest BCUT2D eigenvalue weighted by Crippen LogP contribution is -2.38. The number of hydrogen-bond acceptors (Lipinski definition) is 6. The van der Waals surface area contributed by atoms with E-state index >= 15 is 0 Å². The molecule has 21 heavy (non-hydrogen) atoms. The van der Waals surface area contributed by atoms with Gasteiger partial charge in [-0.15, -0.1) is 0 Å². The predicted octanol–water partition coefficient (Wildman–Crippen LogP) is 1.38. The standard InChI is InChI=1S/C13H18N2O5S/c1-14-8-9-6-10(7-9)20-11-4-3-5-12(21(2,18)19)13(11)15(16)17/h3-5,9-10,14H,6-8H2,1-2H3. The molecule has 7 nitrogen and oxygen atoms in total. The quantitative estimate of drug-likeness (QED) is 0.629. The van der Waals surface area contributed by atoms with Crippen molar-refractivity contribution in [3.05, 3.63) is 28.3 Å². The summed E-state index contributed by atoms with van der Waals surface area (Å²) in [4.78, 5) is 10.2. The van der Waals surface area contributed by atoms with E-state index in [1.807, 2.05) is 7.05 Å². The van der Waals surface area contributed by atoms with Crippen LogP contribution in [0.15, 0.2) is 23.1 Å². The summed E-state index contributed by atoms with van der Waals surface area (Å²) in [6.07, 6.45) is 2.46. The minimum absolute atomic E-state index is 0.0239. The van der Waals surface area contributed by atoms with Gasteiger partial charge >= 0.3 is 5.69 Å². The van der Waals surface area contributed by atoms with Crippen LogP contribution in [0.5, 0.6) is 5.75 Å². The number of nitrogens with zero attached hydrogens (tertiary/aromatic N) is 1. The van der Waals surface area contributed by atoms with Crippen LogP contribution in [0.2, 0.25) is 0 Å². The van der Waals surface area contributed by atoms with E-state index in [2.05, 4.69) is 5.32 Å². The number of nitro groups is 1. The average molecular weight is 314 g/mol. The third-order valence-corrected chi connectivity index (χ3v) is 4.65. The van der Waals surface area contributed by atoms with Gasteiger partial charge in [0.25, 0.3) is 0 Å². The van der Waals surface area contributed by atoms with E-state index in [0.29, 0.717) is 5.92 Å². The third-order valence-electron chi connectivity index (χ3n) is 3.52. The van der Waals surface area contributed by atoms with Crippen molar-refractivity contribution in [3.63, 3.8) is 0 Å². The molecule has 0 radical (unpaired) electrons. The Balaban J connectivity index is 2.23. The second kappa shape index (κ2) is 5.98. The predicted molar refractivity (Wildman–Crippen MR) is 77.3 cm³/mol. The Labute approximate surface area is 123 Å². The van der Waals surface area contributed by atoms with Crippen molar-refractivity contribution in [1.82, 2.24) is 5.32 Å². The smallest absolute Gasteiger partial charge is 0.329 e. The van der Waals surface area contributed by atoms with Crippen LogP contribution < -0.4 is 10.1 Å². The number of para-hydroxylation sites is 1. The molecule has 0 aromatic heterocycles. The highest BCUT2D eigenvalue weighted by atomic mass is 32.2. The first-order valence-corrected chi connectivity index (χ1v) is 8.50. The largest absolute Gasteiger partial charge is 0.483 e. The molecule has 0 aliphatic heterocycles. The zero-order chi connectivity index (χ0) is 15.6. The maximum Gasteiger partial charge on any atom is 0.329 e. The monoisotopic (exact) mass is 314 g/mol. The summed E-state index contributed by atoms with van der Waals surface area (Å²) in [5, 5.41) is 14.3. The van der Waals surface area contributed by atoms with Crippen molar-refractivity contribution in [2.24, 2.45) is 5.92 Å². The Hall–Kier alpha value is -1.67. The van der Waals surface area contributed by atoms with Gasteiger partial charge in [0.2, 0.25) is 0 Å². The normalized spacial score (nSPS) is 21.6. The molecule has 8 heteroatoms. The lowest BCUT2D eigenvalue weighted by molar-refractivity contribution is -0.389. The Morgan fingerprint density at radius 2 is 2.10 bits per heavy atom. The van der Waals surface area contributed by atoms with Gasteiger partial charge in [-0.1, -0.05) is 6.07 Å². The number of hydrogen-bond donors (Lipinski definition) is 1. The van der Waals surface area contributed by atoms with Crippen LogP contribution in [0, 0.1) is 16.0 Å². The van der Waals surface area contributed by atoms with E-state index in [1.165, 1.54) is 18.2 Å². The van der Waals surface area contributed by atoms with Crippen molar-refractivity contribution in [1.29, 1.82) is 0 Å². The summed E-state index contributed by atoms with van der Waals surface area (Å²) < 4.78 is 28.9. The van der Waals surface area contributed by atoms with Gasteiger partial charge in [-0.3, -0.25) is 10.1 Å². The van der Waals surface area contributed by atoms with Crippen molar-refractivity contribution in [2.45, 2.75) is 23.8 Å². The van der Waals surface area contributed by atoms with Gasteiger partial charge in [0.05, 0.1) is 11.0 Å². The van der Waals surface area contributed by atoms with E-state index in [-0.39, 0.29) is 16.7 Å². The van der Waals surface area contributed by atoms with Crippen molar-refractivity contribution in [3.8, 4) is 5.75 Å². The van der Waals surface area contributed by atoms with Gasteiger partial charge < -0.3 is 10.1 Å². The van der Waals surface area contributed by atoms with Crippen LogP contribution >= 0.6 is 0 Å². The Kier molecular flexibility index (Phi) is 4.48. The number of nitro benzene ring substituents is 1. The first-order valence-electron chi connectivity index (χ1n) is 6.61. The molecule has 0 saturated heterocycles. The molecular weight excluding hydrogens is 296 g/mol. The second-order valence-corrected chi connectivity index (χ2v) is 7.25. The molecule has 1 fully saturated rings. The maximum absolute atomic E-state index is 11.6. The first kappa shape index (κ1) is 15.7. The molecular formula is C13H18N2O5S. The summed E-state index contributed by atoms with van der Waals surface area (Å²) in [5.74, 6) is 0.521. The zero-order valence-corrected chi connectivity index (χ0v) is 12.7. The fourth-order valence-electron chi connectivity index (χ4n) is 2.48. The SMILES string of the molecule is CNCC1CC(Oc2cccc(S(C)(=O)=O)c2[N+](=O)[O-])C1. The van der Waals surface area contributed by atoms with Crippen LogP contribution in [0.4, 0.5) is 5.69 Å². The van der Waals surface area contributed by atoms with Gasteiger partial charge in [0, 0.05) is 6.26 Å². The van der Waals surface area contributed by atoms with Crippen LogP contribution in [0.1, 0.15) is 12.8 Å². The highest BCUT2D eigenvalue weighted by Crippen LogP contribution is 2.38. The summed E-state index contributed by atoms with van der Waals surface area (Å²) in [6, 6.07) is 4.13. The van der Waals surface area contributed by atoms with Gasteiger partial charge in [-0.2, -0.15) is 0 Å². The van der Waals surface area contributed by atoms with Crippen molar-refractivity contribution in [2.75, 3.05) is 19.8 Å². The average Bonchev–Trinajstić information content (AvgIpc) is 2.34. The van der Waals surface area contributed by atoms with E-state index in [4.69, 9.17) is 4.74 Å². The fourth-order valence-corrected chi connectivity index (χ4v) is 3.33. The van der Waals surface area contributed by atoms with Crippen LogP contribution in [0.25, 0.3) is 0 Å².